The van der Waals surface area contributed by atoms with Crippen LogP contribution in [0.5, 0.6) is 0 Å². The van der Waals surface area contributed by atoms with E-state index in [0.717, 1.165) is 16.6 Å². The summed E-state index contributed by atoms with van der Waals surface area (Å²) in [6.45, 7) is 3.91. The highest BCUT2D eigenvalue weighted by atomic mass is 16.2. The van der Waals surface area contributed by atoms with Crippen LogP contribution in [0.2, 0.25) is 0 Å². The second-order valence-corrected chi connectivity index (χ2v) is 10.1. The number of rotatable bonds is 11. The lowest BCUT2D eigenvalue weighted by atomic mass is 9.99. The van der Waals surface area contributed by atoms with Gasteiger partial charge < -0.3 is 20.9 Å². The number of hydrogen-bond acceptors (Lipinski definition) is 4. The van der Waals surface area contributed by atoms with Gasteiger partial charge in [0.1, 0.15) is 12.1 Å². The first-order chi connectivity index (χ1) is 19.3. The Hall–Kier alpha value is -4.72. The molecule has 0 bridgehead atoms. The lowest BCUT2D eigenvalue weighted by Crippen LogP contribution is -2.55. The number of fused-ring (bicyclic) bond motifs is 1. The Morgan fingerprint density at radius 2 is 1.38 bits per heavy atom. The van der Waals surface area contributed by atoms with E-state index in [0.29, 0.717) is 17.5 Å². The summed E-state index contributed by atoms with van der Waals surface area (Å²) >= 11 is 0. The topological polar surface area (TPSA) is 120 Å². The van der Waals surface area contributed by atoms with Crippen molar-refractivity contribution in [1.29, 1.82) is 0 Å². The summed E-state index contributed by atoms with van der Waals surface area (Å²) in [7, 11) is 1.51. The van der Waals surface area contributed by atoms with Gasteiger partial charge in [0, 0.05) is 24.4 Å². The van der Waals surface area contributed by atoms with Crippen LogP contribution in [0.4, 0.5) is 0 Å². The molecule has 0 fully saturated rings. The first-order valence-electron chi connectivity index (χ1n) is 13.4. The van der Waals surface area contributed by atoms with Gasteiger partial charge in [-0.3, -0.25) is 19.2 Å². The van der Waals surface area contributed by atoms with Crippen molar-refractivity contribution in [1.82, 2.24) is 20.9 Å². The largest absolute Gasteiger partial charge is 0.357 e. The molecule has 8 heteroatoms. The van der Waals surface area contributed by atoms with Crippen LogP contribution in [0.1, 0.15) is 36.2 Å². The lowest BCUT2D eigenvalue weighted by molar-refractivity contribution is -0.131. The van der Waals surface area contributed by atoms with Gasteiger partial charge in [0.15, 0.2) is 0 Å². The highest BCUT2D eigenvalue weighted by molar-refractivity contribution is 6.46. The molecule has 8 nitrogen and oxygen atoms in total. The van der Waals surface area contributed by atoms with Gasteiger partial charge in [-0.2, -0.15) is 0 Å². The van der Waals surface area contributed by atoms with E-state index < -0.39 is 29.7 Å². The molecule has 206 valence electrons. The fraction of sp³-hybridized carbons (Fsp3) is 0.250. The second-order valence-electron chi connectivity index (χ2n) is 10.1. The van der Waals surface area contributed by atoms with Crippen molar-refractivity contribution in [3.8, 4) is 11.3 Å². The van der Waals surface area contributed by atoms with E-state index >= 15 is 0 Å². The molecule has 1 aromatic heterocycles. The van der Waals surface area contributed by atoms with Gasteiger partial charge in [-0.05, 0) is 29.5 Å². The molecule has 3 aromatic carbocycles. The second kappa shape index (κ2) is 12.9. The smallest absolute Gasteiger partial charge is 0.293 e. The third-order valence-corrected chi connectivity index (χ3v) is 6.69. The molecule has 3 amide bonds. The molecular weight excluding hydrogens is 504 g/mol. The number of Topliss-reactive ketones (excluding diaryl/α,β-unsaturated/α-hetero) is 1. The Kier molecular flexibility index (Phi) is 9.11. The molecule has 2 atom stereocenters. The summed E-state index contributed by atoms with van der Waals surface area (Å²) in [6.07, 6.45) is 0.569. The number of nitrogens with one attached hydrogen (secondary N) is 4. The number of carbonyl (C=O) groups excluding carboxylic acids is 4. The van der Waals surface area contributed by atoms with E-state index in [2.05, 4.69) is 20.9 Å². The fourth-order valence-corrected chi connectivity index (χ4v) is 4.74. The number of H-pyrrole nitrogens is 1. The number of aromatic amines is 1. The molecule has 4 rings (SSSR count). The van der Waals surface area contributed by atoms with Crippen molar-refractivity contribution in [3.63, 3.8) is 0 Å². The van der Waals surface area contributed by atoms with Crippen LogP contribution >= 0.6 is 0 Å². The molecule has 4 aromatic rings. The number of para-hydroxylation sites is 1. The number of likely N-dealkylation sites (N-methyl/N-ethyl adjacent to an activating group) is 1. The molecule has 0 spiro atoms. The van der Waals surface area contributed by atoms with Crippen molar-refractivity contribution in [2.75, 3.05) is 7.05 Å². The summed E-state index contributed by atoms with van der Waals surface area (Å²) in [5.41, 5.74) is 3.05. The number of amides is 3. The number of benzene rings is 3. The minimum atomic E-state index is -1.08. The Morgan fingerprint density at radius 3 is 2.02 bits per heavy atom. The standard InChI is InChI=1S/C32H34N4O4/c1-20(2)18-25(30(38)33-3)35-31(39)26(19-21-12-6-4-7-13-21)36-32(40)29(37)27-23-16-10-11-17-24(23)34-28(27)22-14-8-5-9-15-22/h4-17,20,25-26,34H,18-19H2,1-3H3,(H,33,38)(H,35,39)(H,36,40)/t25-,26-/m0/s1. The third-order valence-electron chi connectivity index (χ3n) is 6.69. The van der Waals surface area contributed by atoms with Crippen molar-refractivity contribution in [2.24, 2.45) is 5.92 Å². The summed E-state index contributed by atoms with van der Waals surface area (Å²) in [5.74, 6) is -2.38. The van der Waals surface area contributed by atoms with E-state index in [9.17, 15) is 19.2 Å². The van der Waals surface area contributed by atoms with Gasteiger partial charge in [-0.25, -0.2) is 0 Å². The van der Waals surface area contributed by atoms with E-state index in [4.69, 9.17) is 0 Å². The number of hydrogen-bond donors (Lipinski definition) is 4. The summed E-state index contributed by atoms with van der Waals surface area (Å²) in [6, 6.07) is 23.9. The molecule has 40 heavy (non-hydrogen) atoms. The average Bonchev–Trinajstić information content (AvgIpc) is 3.36. The lowest BCUT2D eigenvalue weighted by Gasteiger charge is -2.23. The number of ketones is 1. The van der Waals surface area contributed by atoms with Crippen LogP contribution in [0.3, 0.4) is 0 Å². The fourth-order valence-electron chi connectivity index (χ4n) is 4.74. The molecule has 0 aliphatic rings. The summed E-state index contributed by atoms with van der Waals surface area (Å²) < 4.78 is 0. The predicted molar refractivity (Wildman–Crippen MR) is 156 cm³/mol. The molecule has 0 unspecified atom stereocenters. The normalized spacial score (nSPS) is 12.5. The predicted octanol–water partition coefficient (Wildman–Crippen LogP) is 4.02. The Labute approximate surface area is 233 Å². The van der Waals surface area contributed by atoms with Gasteiger partial charge in [0.05, 0.1) is 11.3 Å². The highest BCUT2D eigenvalue weighted by Crippen LogP contribution is 2.30. The average molecular weight is 539 g/mol. The molecule has 0 saturated carbocycles. The molecule has 1 heterocycles. The Balaban J connectivity index is 1.65. The van der Waals surface area contributed by atoms with Crippen molar-refractivity contribution in [3.05, 3.63) is 96.1 Å². The summed E-state index contributed by atoms with van der Waals surface area (Å²) in [4.78, 5) is 56.4. The quantitative estimate of drug-likeness (QED) is 0.170. The van der Waals surface area contributed by atoms with Crippen molar-refractivity contribution < 1.29 is 19.2 Å². The van der Waals surface area contributed by atoms with Crippen molar-refractivity contribution >= 4 is 34.4 Å². The first kappa shape index (κ1) is 28.3. The maximum absolute atomic E-state index is 13.7. The maximum atomic E-state index is 13.7. The Morgan fingerprint density at radius 1 is 0.750 bits per heavy atom. The van der Waals surface area contributed by atoms with Crippen LogP contribution in [-0.4, -0.2) is 47.6 Å². The van der Waals surface area contributed by atoms with Gasteiger partial charge in [0.25, 0.3) is 11.7 Å². The monoisotopic (exact) mass is 538 g/mol. The van der Waals surface area contributed by atoms with Gasteiger partial charge in [-0.1, -0.05) is 92.7 Å². The number of aromatic nitrogens is 1. The molecule has 0 saturated heterocycles. The third kappa shape index (κ3) is 6.64. The van der Waals surface area contributed by atoms with Crippen LogP contribution < -0.4 is 16.0 Å². The molecule has 0 aliphatic carbocycles. The van der Waals surface area contributed by atoms with Crippen LogP contribution in [-0.2, 0) is 20.8 Å². The number of carbonyl (C=O) groups is 4. The van der Waals surface area contributed by atoms with E-state index in [-0.39, 0.29) is 23.8 Å². The van der Waals surface area contributed by atoms with Crippen LogP contribution in [0, 0.1) is 5.92 Å². The van der Waals surface area contributed by atoms with E-state index in [1.54, 1.807) is 12.1 Å². The molecule has 0 radical (unpaired) electrons. The Bertz CT molecular complexity index is 1500. The minimum absolute atomic E-state index is 0.143. The zero-order chi connectivity index (χ0) is 28.6. The van der Waals surface area contributed by atoms with Gasteiger partial charge in [0.2, 0.25) is 11.8 Å². The molecule has 0 aliphatic heterocycles. The zero-order valence-corrected chi connectivity index (χ0v) is 22.9. The molecule has 4 N–H and O–H groups in total. The maximum Gasteiger partial charge on any atom is 0.293 e. The summed E-state index contributed by atoms with van der Waals surface area (Å²) in [5, 5.41) is 8.64. The minimum Gasteiger partial charge on any atom is -0.357 e. The van der Waals surface area contributed by atoms with Gasteiger partial charge >= 0.3 is 0 Å². The van der Waals surface area contributed by atoms with Crippen molar-refractivity contribution in [2.45, 2.75) is 38.8 Å². The van der Waals surface area contributed by atoms with Gasteiger partial charge in [-0.15, -0.1) is 0 Å². The first-order valence-corrected chi connectivity index (χ1v) is 13.4. The van der Waals surface area contributed by atoms with E-state index in [1.807, 2.05) is 86.6 Å². The zero-order valence-electron chi connectivity index (χ0n) is 22.9. The highest BCUT2D eigenvalue weighted by Gasteiger charge is 2.31. The van der Waals surface area contributed by atoms with Crippen LogP contribution in [0.25, 0.3) is 22.2 Å². The van der Waals surface area contributed by atoms with E-state index in [1.165, 1.54) is 7.05 Å². The SMILES string of the molecule is CNC(=O)[C@H](CC(C)C)NC(=O)[C@H](Cc1ccccc1)NC(=O)C(=O)c1c(-c2ccccc2)[nH]c2ccccc12. The molecular formula is C32H34N4O4. The van der Waals surface area contributed by atoms with Crippen LogP contribution in [0.15, 0.2) is 84.9 Å².